The molecule has 0 radical (unpaired) electrons. The second kappa shape index (κ2) is 7.30. The van der Waals surface area contributed by atoms with Crippen LogP contribution in [0.2, 0.25) is 0 Å². The van der Waals surface area contributed by atoms with Crippen LogP contribution in [0.25, 0.3) is 0 Å². The summed E-state index contributed by atoms with van der Waals surface area (Å²) < 4.78 is 5.35. The van der Waals surface area contributed by atoms with Crippen LogP contribution in [0.15, 0.2) is 24.3 Å². The van der Waals surface area contributed by atoms with Crippen molar-refractivity contribution in [3.63, 3.8) is 0 Å². The minimum Gasteiger partial charge on any atom is -0.495 e. The van der Waals surface area contributed by atoms with Crippen molar-refractivity contribution in [1.82, 2.24) is 4.90 Å². The van der Waals surface area contributed by atoms with Crippen molar-refractivity contribution in [3.8, 4) is 5.75 Å². The van der Waals surface area contributed by atoms with Crippen LogP contribution in [0, 0.1) is 0 Å². The topological polar surface area (TPSA) is 122 Å². The summed E-state index contributed by atoms with van der Waals surface area (Å²) in [4.78, 5) is 26.5. The summed E-state index contributed by atoms with van der Waals surface area (Å²) in [6.07, 6.45) is 0. The lowest BCUT2D eigenvalue weighted by Crippen LogP contribution is -2.62. The lowest BCUT2D eigenvalue weighted by molar-refractivity contribution is -0.143. The molecule has 8 nitrogen and oxygen atoms in total. The third-order valence-corrected chi connectivity index (χ3v) is 4.05. The van der Waals surface area contributed by atoms with E-state index >= 15 is 0 Å². The Bertz CT molecular complexity index is 572. The van der Waals surface area contributed by atoms with Gasteiger partial charge in [0.05, 0.1) is 12.8 Å². The van der Waals surface area contributed by atoms with E-state index in [1.54, 1.807) is 12.0 Å². The number of primary amides is 1. The molecule has 1 saturated heterocycles. The number of benzene rings is 1. The fourth-order valence-electron chi connectivity index (χ4n) is 2.85. The predicted octanol–water partition coefficient (Wildman–Crippen LogP) is -0.917. The predicted molar refractivity (Wildman–Crippen MR) is 85.4 cm³/mol. The molecule has 1 aliphatic rings. The van der Waals surface area contributed by atoms with Crippen LogP contribution in [0.5, 0.6) is 5.75 Å². The molecule has 23 heavy (non-hydrogen) atoms. The summed E-state index contributed by atoms with van der Waals surface area (Å²) in [6.45, 7) is 2.23. The first-order valence-electron chi connectivity index (χ1n) is 7.35. The molecule has 1 fully saturated rings. The SMILES string of the molecule is COc1ccccc1N1CCN(C(C(N)=O)[C@H](N)C(=O)O)CC1. The first-order valence-corrected chi connectivity index (χ1v) is 7.35. The lowest BCUT2D eigenvalue weighted by atomic mass is 10.1. The van der Waals surface area contributed by atoms with Crippen LogP contribution >= 0.6 is 0 Å². The van der Waals surface area contributed by atoms with E-state index in [0.29, 0.717) is 26.2 Å². The highest BCUT2D eigenvalue weighted by atomic mass is 16.5. The van der Waals surface area contributed by atoms with Gasteiger partial charge in [0.1, 0.15) is 17.8 Å². The number of anilines is 1. The number of nitrogens with two attached hydrogens (primary N) is 2. The Morgan fingerprint density at radius 1 is 1.22 bits per heavy atom. The molecule has 1 unspecified atom stereocenters. The van der Waals surface area contributed by atoms with Gasteiger partial charge in [-0.2, -0.15) is 0 Å². The molecule has 5 N–H and O–H groups in total. The minimum atomic E-state index is -1.33. The molecule has 126 valence electrons. The number of para-hydroxylation sites is 2. The molecule has 0 bridgehead atoms. The molecule has 1 aromatic carbocycles. The maximum atomic E-state index is 11.6. The van der Waals surface area contributed by atoms with Gasteiger partial charge in [0.25, 0.3) is 0 Å². The van der Waals surface area contributed by atoms with Gasteiger partial charge < -0.3 is 26.2 Å². The fourth-order valence-corrected chi connectivity index (χ4v) is 2.85. The van der Waals surface area contributed by atoms with Gasteiger partial charge in [-0.25, -0.2) is 0 Å². The molecule has 0 aliphatic carbocycles. The smallest absolute Gasteiger partial charge is 0.322 e. The summed E-state index contributed by atoms with van der Waals surface area (Å²) >= 11 is 0. The van der Waals surface area contributed by atoms with E-state index in [0.717, 1.165) is 11.4 Å². The zero-order valence-corrected chi connectivity index (χ0v) is 13.0. The highest BCUT2D eigenvalue weighted by Gasteiger charge is 2.36. The summed E-state index contributed by atoms with van der Waals surface area (Å²) in [5.74, 6) is -1.18. The maximum Gasteiger partial charge on any atom is 0.322 e. The molecule has 1 aliphatic heterocycles. The van der Waals surface area contributed by atoms with Crippen LogP contribution in [0.1, 0.15) is 0 Å². The number of amides is 1. The molecular weight excluding hydrogens is 300 g/mol. The molecule has 1 amide bonds. The molecule has 2 atom stereocenters. The molecule has 2 rings (SSSR count). The monoisotopic (exact) mass is 322 g/mol. The van der Waals surface area contributed by atoms with Gasteiger partial charge in [-0.1, -0.05) is 12.1 Å². The summed E-state index contributed by atoms with van der Waals surface area (Å²) in [5, 5.41) is 9.04. The zero-order valence-electron chi connectivity index (χ0n) is 13.0. The third kappa shape index (κ3) is 3.72. The maximum absolute atomic E-state index is 11.6. The number of rotatable bonds is 6. The normalized spacial score (nSPS) is 18.3. The Morgan fingerprint density at radius 3 is 2.35 bits per heavy atom. The van der Waals surface area contributed by atoms with Gasteiger partial charge in [0.15, 0.2) is 0 Å². The van der Waals surface area contributed by atoms with Gasteiger partial charge in [-0.3, -0.25) is 14.5 Å². The fraction of sp³-hybridized carbons (Fsp3) is 0.467. The number of hydrogen-bond donors (Lipinski definition) is 3. The average molecular weight is 322 g/mol. The van der Waals surface area contributed by atoms with E-state index in [2.05, 4.69) is 4.90 Å². The van der Waals surface area contributed by atoms with Crippen LogP contribution in [-0.2, 0) is 9.59 Å². The third-order valence-electron chi connectivity index (χ3n) is 4.05. The first kappa shape index (κ1) is 17.0. The standard InChI is InChI=1S/C15H22N4O4/c1-23-11-5-3-2-4-10(11)18-6-8-19(9-7-18)13(14(17)20)12(16)15(21)22/h2-5,12-13H,6-9,16H2,1H3,(H2,17,20)(H,21,22)/t12-,13?/m0/s1. The number of hydrogen-bond acceptors (Lipinski definition) is 6. The second-order valence-electron chi connectivity index (χ2n) is 5.41. The van der Waals surface area contributed by atoms with E-state index < -0.39 is 24.0 Å². The largest absolute Gasteiger partial charge is 0.495 e. The van der Waals surface area contributed by atoms with Crippen molar-refractivity contribution in [3.05, 3.63) is 24.3 Å². The first-order chi connectivity index (χ1) is 11.0. The van der Waals surface area contributed by atoms with E-state index in [4.69, 9.17) is 21.3 Å². The number of methoxy groups -OCH3 is 1. The van der Waals surface area contributed by atoms with Crippen molar-refractivity contribution < 1.29 is 19.4 Å². The highest BCUT2D eigenvalue weighted by Crippen LogP contribution is 2.28. The van der Waals surface area contributed by atoms with Gasteiger partial charge in [0.2, 0.25) is 5.91 Å². The van der Waals surface area contributed by atoms with Crippen molar-refractivity contribution in [2.24, 2.45) is 11.5 Å². The zero-order chi connectivity index (χ0) is 17.0. The Balaban J connectivity index is 2.08. The average Bonchev–Trinajstić information content (AvgIpc) is 2.55. The molecule has 8 heteroatoms. The number of aliphatic carboxylic acids is 1. The van der Waals surface area contributed by atoms with Gasteiger partial charge in [-0.15, -0.1) is 0 Å². The van der Waals surface area contributed by atoms with Crippen LogP contribution < -0.4 is 21.1 Å². The number of ether oxygens (including phenoxy) is 1. The minimum absolute atomic E-state index is 0.493. The van der Waals surface area contributed by atoms with Gasteiger partial charge in [0, 0.05) is 26.2 Å². The molecule has 0 saturated carbocycles. The molecular formula is C15H22N4O4. The van der Waals surface area contributed by atoms with E-state index in [-0.39, 0.29) is 0 Å². The number of piperazine rings is 1. The Morgan fingerprint density at radius 2 is 1.83 bits per heavy atom. The van der Waals surface area contributed by atoms with E-state index in [1.807, 2.05) is 24.3 Å². The number of carboxylic acid groups (broad SMARTS) is 1. The van der Waals surface area contributed by atoms with E-state index in [1.165, 1.54) is 0 Å². The summed E-state index contributed by atoms with van der Waals surface area (Å²) in [6, 6.07) is 5.33. The van der Waals surface area contributed by atoms with Crippen LogP contribution in [0.4, 0.5) is 5.69 Å². The van der Waals surface area contributed by atoms with Crippen LogP contribution in [0.3, 0.4) is 0 Å². The van der Waals surface area contributed by atoms with Crippen molar-refractivity contribution in [2.75, 3.05) is 38.2 Å². The number of nitrogens with zero attached hydrogens (tertiary/aromatic N) is 2. The number of carbonyl (C=O) groups is 2. The molecule has 0 spiro atoms. The van der Waals surface area contributed by atoms with Crippen molar-refractivity contribution >= 4 is 17.6 Å². The molecule has 0 aromatic heterocycles. The Labute approximate surface area is 134 Å². The Kier molecular flexibility index (Phi) is 5.41. The van der Waals surface area contributed by atoms with Gasteiger partial charge in [-0.05, 0) is 12.1 Å². The Hall–Kier alpha value is -2.32. The van der Waals surface area contributed by atoms with E-state index in [9.17, 15) is 9.59 Å². The van der Waals surface area contributed by atoms with Crippen molar-refractivity contribution in [1.29, 1.82) is 0 Å². The van der Waals surface area contributed by atoms with Gasteiger partial charge >= 0.3 is 5.97 Å². The number of carbonyl (C=O) groups excluding carboxylic acids is 1. The summed E-state index contributed by atoms with van der Waals surface area (Å²) in [7, 11) is 1.62. The number of carboxylic acids is 1. The van der Waals surface area contributed by atoms with Crippen molar-refractivity contribution in [2.45, 2.75) is 12.1 Å². The lowest BCUT2D eigenvalue weighted by Gasteiger charge is -2.40. The highest BCUT2D eigenvalue weighted by molar-refractivity contribution is 5.88. The quantitative estimate of drug-likeness (QED) is 0.619. The van der Waals surface area contributed by atoms with Crippen LogP contribution in [-0.4, -0.2) is 67.3 Å². The molecule has 1 aromatic rings. The second-order valence-corrected chi connectivity index (χ2v) is 5.41. The summed E-state index contributed by atoms with van der Waals surface area (Å²) in [5.41, 5.74) is 11.9. The molecule has 1 heterocycles.